The van der Waals surface area contributed by atoms with Crippen LogP contribution in [0.15, 0.2) is 218 Å². The smallest absolute Gasteiger partial charge is 0.221 e. The third kappa shape index (κ3) is 6.55. The second-order valence-corrected chi connectivity index (χ2v) is 25.3. The lowest BCUT2D eigenvalue weighted by atomic mass is 9.59. The topological polar surface area (TPSA) is 38.7 Å². The van der Waals surface area contributed by atoms with E-state index in [4.69, 9.17) is 5.73 Å². The number of benzene rings is 8. The average molecular weight is 1060 g/mol. The summed E-state index contributed by atoms with van der Waals surface area (Å²) in [7, 11) is 0. The number of allylic oxidation sites excluding steroid dienone is 6. The molecule has 0 radical (unpaired) electrons. The Bertz CT molecular complexity index is 4710. The van der Waals surface area contributed by atoms with Crippen LogP contribution in [0.25, 0.3) is 88.6 Å². The van der Waals surface area contributed by atoms with Crippen molar-refractivity contribution in [2.24, 2.45) is 5.92 Å². The summed E-state index contributed by atoms with van der Waals surface area (Å²) < 4.78 is 7.74. The first kappa shape index (κ1) is 49.0. The highest BCUT2D eigenvalue weighted by Crippen LogP contribution is 2.56. The molecule has 3 aromatic heterocycles. The number of rotatable bonds is 6. The third-order valence-electron chi connectivity index (χ3n) is 20.7. The standard InChI is InChI=1S/C78H68N4/c1-8-77(7)65-35-33-49(50-34-36-70-61(41-50)58-26-18-27-60-72(47(3)4)59-24-14-15-30-69(59)82(70)75(58)60)42-64(65)74-56-23-13-10-20-48(56)37-39-81(74)78(77,9-2)46-71-63-44-54(43-62(63)68-29-16-17-38-80(68)71)51-31-32-53-40-52-21-11-12-22-55(52)57-25-19-28-66(73(57)79)76(5,6)67(53)45-51/h10-39,41-42,44-47,72H,8-9,40,43,79H2,1-7H3/q+2. The minimum atomic E-state index is -0.450. The minimum absolute atomic E-state index is 0.298. The van der Waals surface area contributed by atoms with Gasteiger partial charge in [-0.25, -0.2) is 0 Å². The Morgan fingerprint density at radius 2 is 1.34 bits per heavy atom. The quantitative estimate of drug-likeness (QED) is 0.131. The first-order valence-corrected chi connectivity index (χ1v) is 30.0. The lowest BCUT2D eigenvalue weighted by Gasteiger charge is -2.46. The molecule has 2 N–H and O–H groups in total. The molecule has 0 saturated heterocycles. The van der Waals surface area contributed by atoms with E-state index in [2.05, 4.69) is 275 Å². The second-order valence-electron chi connectivity index (χ2n) is 25.3. The number of anilines is 1. The van der Waals surface area contributed by atoms with E-state index < -0.39 is 5.54 Å². The maximum atomic E-state index is 7.19. The van der Waals surface area contributed by atoms with Crippen LogP contribution < -0.4 is 14.9 Å². The number of para-hydroxylation sites is 3. The lowest BCUT2D eigenvalue weighted by molar-refractivity contribution is -0.755. The SMILES string of the molecule is CCC1(C)c2ccc(-c3ccc4c(c3)c3cccc5c3n4-c3ccccc3C5C(C)C)cc2-c2c3ccccc3cc[n+]2C1(C=C1C2=C(CC(c3ccc4c(c3)C(C)(C)c3cccc(c3N)-c3ccccc3C4)=C2)c2cccc[n+]21)CC. The summed E-state index contributed by atoms with van der Waals surface area (Å²) >= 11 is 0. The molecule has 11 aromatic rings. The Hall–Kier alpha value is -8.86. The van der Waals surface area contributed by atoms with Crippen LogP contribution in [-0.2, 0) is 22.8 Å². The minimum Gasteiger partial charge on any atom is -0.398 e. The molecule has 0 saturated carbocycles. The van der Waals surface area contributed by atoms with Gasteiger partial charge in [0.25, 0.3) is 0 Å². The van der Waals surface area contributed by atoms with Crippen molar-refractivity contribution in [2.75, 3.05) is 5.73 Å². The van der Waals surface area contributed by atoms with Crippen molar-refractivity contribution in [1.29, 1.82) is 0 Å². The van der Waals surface area contributed by atoms with Gasteiger partial charge in [-0.15, -0.1) is 0 Å². The number of nitrogens with zero attached hydrogens (tertiary/aromatic N) is 3. The fourth-order valence-electron chi connectivity index (χ4n) is 16.5. The molecular formula is C78H68N4+2. The van der Waals surface area contributed by atoms with Gasteiger partial charge in [-0.1, -0.05) is 175 Å². The maximum absolute atomic E-state index is 7.19. The molecule has 2 aliphatic carbocycles. The van der Waals surface area contributed by atoms with Gasteiger partial charge in [-0.05, 0) is 140 Å². The van der Waals surface area contributed by atoms with Gasteiger partial charge < -0.3 is 10.3 Å². The fraction of sp³-hybridized carbons (Fsp3) is 0.205. The number of aromatic nitrogens is 3. The summed E-state index contributed by atoms with van der Waals surface area (Å²) in [5.41, 5.74) is 35.7. The Labute approximate surface area is 481 Å². The predicted octanol–water partition coefficient (Wildman–Crippen LogP) is 18.0. The van der Waals surface area contributed by atoms with Gasteiger partial charge in [-0.2, -0.15) is 9.13 Å². The molecule has 398 valence electrons. The van der Waals surface area contributed by atoms with Gasteiger partial charge in [0.05, 0.1) is 44.7 Å². The zero-order valence-electron chi connectivity index (χ0n) is 48.1. The normalized spacial score (nSPS) is 20.2. The van der Waals surface area contributed by atoms with Gasteiger partial charge in [-0.3, -0.25) is 0 Å². The van der Waals surface area contributed by atoms with Crippen molar-refractivity contribution in [3.8, 4) is 39.2 Å². The van der Waals surface area contributed by atoms with Crippen LogP contribution in [0.2, 0.25) is 0 Å². The Kier molecular flexibility index (Phi) is 10.5. The van der Waals surface area contributed by atoms with E-state index in [-0.39, 0.29) is 10.8 Å². The molecule has 4 nitrogen and oxygen atoms in total. The van der Waals surface area contributed by atoms with Crippen molar-refractivity contribution in [3.05, 3.63) is 268 Å². The monoisotopic (exact) mass is 1060 g/mol. The van der Waals surface area contributed by atoms with Crippen molar-refractivity contribution in [2.45, 2.75) is 96.4 Å². The molecule has 3 unspecified atom stereocenters. The van der Waals surface area contributed by atoms with E-state index in [0.29, 0.717) is 11.8 Å². The molecule has 3 atom stereocenters. The van der Waals surface area contributed by atoms with Crippen LogP contribution >= 0.6 is 0 Å². The highest BCUT2D eigenvalue weighted by molar-refractivity contribution is 6.12. The summed E-state index contributed by atoms with van der Waals surface area (Å²) in [5.74, 6) is 0.820. The maximum Gasteiger partial charge on any atom is 0.221 e. The van der Waals surface area contributed by atoms with Crippen molar-refractivity contribution in [3.63, 3.8) is 0 Å². The van der Waals surface area contributed by atoms with Gasteiger partial charge >= 0.3 is 0 Å². The number of nitrogens with two attached hydrogens (primary N) is 1. The molecule has 5 aliphatic rings. The van der Waals surface area contributed by atoms with E-state index in [0.717, 1.165) is 36.9 Å². The highest BCUT2D eigenvalue weighted by atomic mass is 15.1. The van der Waals surface area contributed by atoms with Crippen LogP contribution in [0, 0.1) is 5.92 Å². The molecule has 16 rings (SSSR count). The van der Waals surface area contributed by atoms with Crippen molar-refractivity contribution >= 4 is 55.1 Å². The van der Waals surface area contributed by atoms with Crippen LogP contribution in [0.5, 0.6) is 0 Å². The Morgan fingerprint density at radius 1 is 0.598 bits per heavy atom. The lowest BCUT2D eigenvalue weighted by Crippen LogP contribution is -2.68. The molecule has 6 heterocycles. The summed E-state index contributed by atoms with van der Waals surface area (Å²) in [6, 6.07) is 71.7. The molecular weight excluding hydrogens is 993 g/mol. The first-order valence-electron chi connectivity index (χ1n) is 30.0. The van der Waals surface area contributed by atoms with Gasteiger partial charge in [0.1, 0.15) is 0 Å². The molecule has 3 aliphatic heterocycles. The molecule has 0 spiro atoms. The molecule has 0 fully saturated rings. The number of fused-ring (bicyclic) bond motifs is 17. The summed E-state index contributed by atoms with van der Waals surface area (Å²) in [6.45, 7) is 16.9. The van der Waals surface area contributed by atoms with Crippen LogP contribution in [-0.4, -0.2) is 4.57 Å². The molecule has 4 heteroatoms. The zero-order chi connectivity index (χ0) is 55.6. The molecule has 82 heavy (non-hydrogen) atoms. The fourth-order valence-corrected chi connectivity index (χ4v) is 16.5. The van der Waals surface area contributed by atoms with Gasteiger partial charge in [0, 0.05) is 70.0 Å². The molecule has 2 bridgehead atoms. The Morgan fingerprint density at radius 3 is 2.21 bits per heavy atom. The predicted molar refractivity (Wildman–Crippen MR) is 340 cm³/mol. The number of hydrogen-bond donors (Lipinski definition) is 1. The summed E-state index contributed by atoms with van der Waals surface area (Å²) in [5, 5.41) is 5.16. The van der Waals surface area contributed by atoms with Crippen molar-refractivity contribution in [1.82, 2.24) is 4.57 Å². The summed E-state index contributed by atoms with van der Waals surface area (Å²) in [6.07, 6.45) is 13.5. The number of pyridine rings is 2. The largest absolute Gasteiger partial charge is 0.398 e. The third-order valence-corrected chi connectivity index (χ3v) is 20.7. The van der Waals surface area contributed by atoms with Gasteiger partial charge in [0.2, 0.25) is 22.6 Å². The van der Waals surface area contributed by atoms with Crippen LogP contribution in [0.4, 0.5) is 5.69 Å². The zero-order valence-corrected chi connectivity index (χ0v) is 48.1. The van der Waals surface area contributed by atoms with E-state index in [9.17, 15) is 0 Å². The highest BCUT2D eigenvalue weighted by Gasteiger charge is 2.60. The van der Waals surface area contributed by atoms with Gasteiger partial charge in [0.15, 0.2) is 12.4 Å². The molecule has 8 aromatic carbocycles. The van der Waals surface area contributed by atoms with Crippen LogP contribution in [0.1, 0.15) is 124 Å². The first-order chi connectivity index (χ1) is 39.9. The second kappa shape index (κ2) is 17.6. The molecule has 0 amide bonds. The number of nitrogen functional groups attached to an aromatic ring is 1. The van der Waals surface area contributed by atoms with Crippen LogP contribution in [0.3, 0.4) is 0 Å². The van der Waals surface area contributed by atoms with E-state index in [1.165, 1.54) is 139 Å². The van der Waals surface area contributed by atoms with E-state index in [1.807, 2.05) is 0 Å². The number of hydrogen-bond acceptors (Lipinski definition) is 1. The average Bonchev–Trinajstić information content (AvgIpc) is 1.95. The van der Waals surface area contributed by atoms with E-state index in [1.54, 1.807) is 0 Å². The summed E-state index contributed by atoms with van der Waals surface area (Å²) in [4.78, 5) is 0. The Balaban J connectivity index is 0.850. The van der Waals surface area contributed by atoms with Crippen molar-refractivity contribution < 1.29 is 9.13 Å². The van der Waals surface area contributed by atoms with E-state index >= 15 is 0 Å².